The van der Waals surface area contributed by atoms with E-state index in [-0.39, 0.29) is 5.82 Å². The molecule has 1 aliphatic carbocycles. The summed E-state index contributed by atoms with van der Waals surface area (Å²) in [5.74, 6) is -0.145. The zero-order chi connectivity index (χ0) is 11.4. The van der Waals surface area contributed by atoms with Crippen molar-refractivity contribution in [2.75, 3.05) is 0 Å². The van der Waals surface area contributed by atoms with Crippen molar-refractivity contribution in [2.45, 2.75) is 44.8 Å². The Morgan fingerprint density at radius 3 is 2.69 bits per heavy atom. The largest absolute Gasteiger partial charge is 0.326 e. The molecular formula is C13H19FN2. The van der Waals surface area contributed by atoms with Gasteiger partial charge in [-0.1, -0.05) is 25.0 Å². The van der Waals surface area contributed by atoms with E-state index in [4.69, 9.17) is 5.73 Å². The predicted molar refractivity (Wildman–Crippen MR) is 63.4 cm³/mol. The minimum Gasteiger partial charge on any atom is -0.326 e. The molecule has 2 nitrogen and oxygen atoms in total. The summed E-state index contributed by atoms with van der Waals surface area (Å²) in [5, 5.41) is 3.40. The molecule has 1 aliphatic rings. The topological polar surface area (TPSA) is 38.0 Å². The van der Waals surface area contributed by atoms with Crippen molar-refractivity contribution in [3.63, 3.8) is 0 Å². The molecule has 0 aromatic heterocycles. The second kappa shape index (κ2) is 5.41. The summed E-state index contributed by atoms with van der Waals surface area (Å²) in [5.41, 5.74) is 7.05. The summed E-state index contributed by atoms with van der Waals surface area (Å²) >= 11 is 0. The maximum absolute atomic E-state index is 13.6. The SMILES string of the molecule is NCc1ccc(CNC2CCCC2)c(F)c1. The van der Waals surface area contributed by atoms with Crippen molar-refractivity contribution in [3.05, 3.63) is 35.1 Å². The van der Waals surface area contributed by atoms with Crippen LogP contribution in [0.4, 0.5) is 4.39 Å². The average Bonchev–Trinajstić information content (AvgIpc) is 2.80. The number of nitrogens with one attached hydrogen (secondary N) is 1. The lowest BCUT2D eigenvalue weighted by atomic mass is 10.1. The lowest BCUT2D eigenvalue weighted by molar-refractivity contribution is 0.508. The fourth-order valence-electron chi connectivity index (χ4n) is 2.25. The van der Waals surface area contributed by atoms with Crippen molar-refractivity contribution < 1.29 is 4.39 Å². The smallest absolute Gasteiger partial charge is 0.128 e. The Morgan fingerprint density at radius 1 is 1.31 bits per heavy atom. The molecule has 0 atom stereocenters. The molecule has 1 saturated carbocycles. The van der Waals surface area contributed by atoms with Crippen LogP contribution < -0.4 is 11.1 Å². The van der Waals surface area contributed by atoms with E-state index in [1.807, 2.05) is 12.1 Å². The van der Waals surface area contributed by atoms with E-state index in [0.29, 0.717) is 19.1 Å². The number of hydrogen-bond donors (Lipinski definition) is 2. The van der Waals surface area contributed by atoms with E-state index < -0.39 is 0 Å². The Labute approximate surface area is 96.0 Å². The first-order valence-electron chi connectivity index (χ1n) is 6.00. The Hall–Kier alpha value is -0.930. The number of nitrogens with two attached hydrogens (primary N) is 1. The van der Waals surface area contributed by atoms with E-state index in [9.17, 15) is 4.39 Å². The molecule has 0 unspecified atom stereocenters. The van der Waals surface area contributed by atoms with Gasteiger partial charge < -0.3 is 11.1 Å². The second-order valence-electron chi connectivity index (χ2n) is 4.49. The van der Waals surface area contributed by atoms with E-state index >= 15 is 0 Å². The van der Waals surface area contributed by atoms with Gasteiger partial charge in [-0.2, -0.15) is 0 Å². The molecule has 0 aliphatic heterocycles. The first-order chi connectivity index (χ1) is 7.79. The van der Waals surface area contributed by atoms with Crippen molar-refractivity contribution in [1.29, 1.82) is 0 Å². The van der Waals surface area contributed by atoms with Crippen LogP contribution in [0.15, 0.2) is 18.2 Å². The normalized spacial score (nSPS) is 16.9. The maximum atomic E-state index is 13.6. The van der Waals surface area contributed by atoms with E-state index in [1.54, 1.807) is 0 Å². The van der Waals surface area contributed by atoms with Gasteiger partial charge in [0.2, 0.25) is 0 Å². The highest BCUT2D eigenvalue weighted by atomic mass is 19.1. The van der Waals surface area contributed by atoms with Gasteiger partial charge in [0.25, 0.3) is 0 Å². The first kappa shape index (κ1) is 11.6. The zero-order valence-corrected chi connectivity index (χ0v) is 9.51. The van der Waals surface area contributed by atoms with Gasteiger partial charge in [-0.05, 0) is 24.5 Å². The zero-order valence-electron chi connectivity index (χ0n) is 9.51. The molecular weight excluding hydrogens is 203 g/mol. The predicted octanol–water partition coefficient (Wildman–Crippen LogP) is 2.32. The highest BCUT2D eigenvalue weighted by molar-refractivity contribution is 5.24. The average molecular weight is 222 g/mol. The van der Waals surface area contributed by atoms with Crippen LogP contribution in [0.1, 0.15) is 36.8 Å². The molecule has 88 valence electrons. The van der Waals surface area contributed by atoms with Crippen LogP contribution in [0.3, 0.4) is 0 Å². The third-order valence-corrected chi connectivity index (χ3v) is 3.29. The van der Waals surface area contributed by atoms with Gasteiger partial charge in [-0.3, -0.25) is 0 Å². The third-order valence-electron chi connectivity index (χ3n) is 3.29. The monoisotopic (exact) mass is 222 g/mol. The number of hydrogen-bond acceptors (Lipinski definition) is 2. The minimum atomic E-state index is -0.145. The minimum absolute atomic E-state index is 0.145. The highest BCUT2D eigenvalue weighted by Crippen LogP contribution is 2.18. The Balaban J connectivity index is 1.93. The quantitative estimate of drug-likeness (QED) is 0.820. The van der Waals surface area contributed by atoms with E-state index in [2.05, 4.69) is 5.32 Å². The van der Waals surface area contributed by atoms with Crippen LogP contribution in [-0.4, -0.2) is 6.04 Å². The van der Waals surface area contributed by atoms with Gasteiger partial charge in [0.1, 0.15) is 5.82 Å². The molecule has 0 heterocycles. The van der Waals surface area contributed by atoms with Gasteiger partial charge >= 0.3 is 0 Å². The van der Waals surface area contributed by atoms with Crippen molar-refractivity contribution in [1.82, 2.24) is 5.32 Å². The molecule has 0 amide bonds. The molecule has 2 rings (SSSR count). The fourth-order valence-corrected chi connectivity index (χ4v) is 2.25. The molecule has 3 N–H and O–H groups in total. The van der Waals surface area contributed by atoms with Crippen LogP contribution in [0.25, 0.3) is 0 Å². The van der Waals surface area contributed by atoms with Crippen molar-refractivity contribution in [2.24, 2.45) is 5.73 Å². The maximum Gasteiger partial charge on any atom is 0.128 e. The van der Waals surface area contributed by atoms with E-state index in [1.165, 1.54) is 31.7 Å². The molecule has 1 aromatic rings. The lowest BCUT2D eigenvalue weighted by Crippen LogP contribution is -2.25. The molecule has 0 radical (unpaired) electrons. The van der Waals surface area contributed by atoms with Crippen molar-refractivity contribution >= 4 is 0 Å². The highest BCUT2D eigenvalue weighted by Gasteiger charge is 2.14. The summed E-state index contributed by atoms with van der Waals surface area (Å²) < 4.78 is 13.6. The van der Waals surface area contributed by atoms with E-state index in [0.717, 1.165) is 11.1 Å². The molecule has 1 aromatic carbocycles. The van der Waals surface area contributed by atoms with Crippen LogP contribution in [0.5, 0.6) is 0 Å². The molecule has 16 heavy (non-hydrogen) atoms. The number of halogens is 1. The Kier molecular flexibility index (Phi) is 3.91. The molecule has 0 bridgehead atoms. The fraction of sp³-hybridized carbons (Fsp3) is 0.538. The van der Waals surface area contributed by atoms with Gasteiger partial charge in [0.05, 0.1) is 0 Å². The van der Waals surface area contributed by atoms with Gasteiger partial charge in [-0.15, -0.1) is 0 Å². The van der Waals surface area contributed by atoms with Gasteiger partial charge in [0, 0.05) is 24.7 Å². The Morgan fingerprint density at radius 2 is 2.06 bits per heavy atom. The van der Waals surface area contributed by atoms with Gasteiger partial charge in [0.15, 0.2) is 0 Å². The molecule has 0 saturated heterocycles. The van der Waals surface area contributed by atoms with Crippen molar-refractivity contribution in [3.8, 4) is 0 Å². The summed E-state index contributed by atoms with van der Waals surface area (Å²) in [7, 11) is 0. The number of benzene rings is 1. The number of rotatable bonds is 4. The summed E-state index contributed by atoms with van der Waals surface area (Å²) in [4.78, 5) is 0. The molecule has 0 spiro atoms. The third kappa shape index (κ3) is 2.80. The van der Waals surface area contributed by atoms with Gasteiger partial charge in [-0.25, -0.2) is 4.39 Å². The first-order valence-corrected chi connectivity index (χ1v) is 6.00. The summed E-state index contributed by atoms with van der Waals surface area (Å²) in [6, 6.07) is 5.84. The second-order valence-corrected chi connectivity index (χ2v) is 4.49. The van der Waals surface area contributed by atoms with Crippen LogP contribution in [-0.2, 0) is 13.1 Å². The Bertz CT molecular complexity index is 346. The molecule has 3 heteroatoms. The summed E-state index contributed by atoms with van der Waals surface area (Å²) in [6.45, 7) is 1.02. The standard InChI is InChI=1S/C13H19FN2/c14-13-7-10(8-15)5-6-11(13)9-16-12-3-1-2-4-12/h5-7,12,16H,1-4,8-9,15H2. The summed E-state index contributed by atoms with van der Waals surface area (Å²) in [6.07, 6.45) is 5.05. The van der Waals surface area contributed by atoms with Crippen LogP contribution in [0.2, 0.25) is 0 Å². The van der Waals surface area contributed by atoms with Crippen LogP contribution in [0, 0.1) is 5.82 Å². The van der Waals surface area contributed by atoms with Crippen LogP contribution >= 0.6 is 0 Å². The molecule has 1 fully saturated rings. The lowest BCUT2D eigenvalue weighted by Gasteiger charge is -2.12.